The van der Waals surface area contributed by atoms with E-state index in [0.717, 1.165) is 58.0 Å². The van der Waals surface area contributed by atoms with E-state index in [1.807, 2.05) is 4.90 Å². The normalized spacial score (nSPS) is 21.5. The standard InChI is InChI=1S/C23H28ClN3O3/c1-15-11-13-26(14-12-15)21(28)16-7-9-17(10-8-16)25-20-19(24)22(29)27(23(20)30)18-5-3-2-4-6-18/h7-10,15,18,25H,2-6,11-14H2,1H3. The Hall–Kier alpha value is -2.34. The van der Waals surface area contributed by atoms with Crippen molar-refractivity contribution in [1.29, 1.82) is 0 Å². The number of halogens is 1. The number of likely N-dealkylation sites (tertiary alicyclic amines) is 1. The molecular formula is C23H28ClN3O3. The fourth-order valence-electron chi connectivity index (χ4n) is 4.53. The Labute approximate surface area is 182 Å². The molecule has 160 valence electrons. The lowest BCUT2D eigenvalue weighted by Gasteiger charge is -2.30. The van der Waals surface area contributed by atoms with Gasteiger partial charge in [0.05, 0.1) is 0 Å². The minimum absolute atomic E-state index is 0.0290. The van der Waals surface area contributed by atoms with E-state index in [1.54, 1.807) is 24.3 Å². The number of imide groups is 1. The smallest absolute Gasteiger partial charge is 0.279 e. The molecule has 0 aromatic heterocycles. The molecule has 0 spiro atoms. The molecule has 0 atom stereocenters. The lowest BCUT2D eigenvalue weighted by Crippen LogP contribution is -2.42. The Morgan fingerprint density at radius 3 is 2.23 bits per heavy atom. The fraction of sp³-hybridized carbons (Fsp3) is 0.522. The maximum atomic E-state index is 12.9. The maximum Gasteiger partial charge on any atom is 0.279 e. The molecule has 2 fully saturated rings. The Morgan fingerprint density at radius 2 is 1.60 bits per heavy atom. The molecule has 1 N–H and O–H groups in total. The predicted molar refractivity (Wildman–Crippen MR) is 116 cm³/mol. The zero-order chi connectivity index (χ0) is 21.3. The van der Waals surface area contributed by atoms with Gasteiger partial charge in [0.25, 0.3) is 17.7 Å². The van der Waals surface area contributed by atoms with Crippen molar-refractivity contribution in [3.63, 3.8) is 0 Å². The molecule has 3 aliphatic rings. The summed E-state index contributed by atoms with van der Waals surface area (Å²) in [6, 6.07) is 6.92. The molecule has 30 heavy (non-hydrogen) atoms. The molecule has 1 saturated carbocycles. The zero-order valence-electron chi connectivity index (χ0n) is 17.3. The first kappa shape index (κ1) is 20.9. The number of carbonyl (C=O) groups is 3. The second-order valence-electron chi connectivity index (χ2n) is 8.64. The fourth-order valence-corrected chi connectivity index (χ4v) is 4.75. The van der Waals surface area contributed by atoms with Crippen LogP contribution in [-0.4, -0.2) is 46.7 Å². The summed E-state index contributed by atoms with van der Waals surface area (Å²) in [5, 5.41) is 2.94. The number of carbonyl (C=O) groups excluding carboxylic acids is 3. The number of nitrogens with zero attached hydrogens (tertiary/aromatic N) is 2. The van der Waals surface area contributed by atoms with Crippen LogP contribution in [0.2, 0.25) is 0 Å². The molecule has 1 aliphatic carbocycles. The predicted octanol–water partition coefficient (Wildman–Crippen LogP) is 4.12. The van der Waals surface area contributed by atoms with Gasteiger partial charge < -0.3 is 10.2 Å². The van der Waals surface area contributed by atoms with E-state index in [1.165, 1.54) is 4.90 Å². The number of hydrogen-bond acceptors (Lipinski definition) is 4. The van der Waals surface area contributed by atoms with E-state index in [4.69, 9.17) is 11.6 Å². The van der Waals surface area contributed by atoms with Crippen molar-refractivity contribution in [2.24, 2.45) is 5.92 Å². The molecule has 0 unspecified atom stereocenters. The van der Waals surface area contributed by atoms with E-state index in [9.17, 15) is 14.4 Å². The van der Waals surface area contributed by atoms with Crippen molar-refractivity contribution in [2.45, 2.75) is 57.9 Å². The van der Waals surface area contributed by atoms with Crippen molar-refractivity contribution in [1.82, 2.24) is 9.80 Å². The van der Waals surface area contributed by atoms with E-state index >= 15 is 0 Å². The molecule has 1 aromatic carbocycles. The molecule has 2 heterocycles. The second kappa shape index (κ2) is 8.80. The van der Waals surface area contributed by atoms with E-state index < -0.39 is 5.91 Å². The minimum Gasteiger partial charge on any atom is -0.350 e. The van der Waals surface area contributed by atoms with Crippen LogP contribution in [0, 0.1) is 5.92 Å². The molecule has 1 aromatic rings. The summed E-state index contributed by atoms with van der Waals surface area (Å²) < 4.78 is 0. The first-order valence-electron chi connectivity index (χ1n) is 10.9. The topological polar surface area (TPSA) is 69.7 Å². The van der Waals surface area contributed by atoms with Crippen LogP contribution in [-0.2, 0) is 9.59 Å². The third-order valence-corrected chi connectivity index (χ3v) is 6.82. The van der Waals surface area contributed by atoms with Gasteiger partial charge in [-0.3, -0.25) is 19.3 Å². The number of amides is 3. The van der Waals surface area contributed by atoms with Gasteiger partial charge in [-0.25, -0.2) is 0 Å². The third-order valence-electron chi connectivity index (χ3n) is 6.47. The first-order chi connectivity index (χ1) is 14.5. The Balaban J connectivity index is 1.43. The van der Waals surface area contributed by atoms with Crippen LogP contribution in [0.25, 0.3) is 0 Å². The summed E-state index contributed by atoms with van der Waals surface area (Å²) in [6.45, 7) is 3.79. The van der Waals surface area contributed by atoms with Crippen LogP contribution in [0.4, 0.5) is 5.69 Å². The Bertz CT molecular complexity index is 866. The molecule has 2 aliphatic heterocycles. The van der Waals surface area contributed by atoms with E-state index in [2.05, 4.69) is 12.2 Å². The number of hydrogen-bond donors (Lipinski definition) is 1. The molecule has 6 nitrogen and oxygen atoms in total. The summed E-state index contributed by atoms with van der Waals surface area (Å²) >= 11 is 6.23. The van der Waals surface area contributed by atoms with Gasteiger partial charge in [-0.1, -0.05) is 37.8 Å². The van der Waals surface area contributed by atoms with Crippen LogP contribution in [0.15, 0.2) is 35.0 Å². The van der Waals surface area contributed by atoms with Crippen LogP contribution < -0.4 is 5.32 Å². The van der Waals surface area contributed by atoms with E-state index in [0.29, 0.717) is 17.2 Å². The van der Waals surface area contributed by atoms with Gasteiger partial charge in [-0.15, -0.1) is 0 Å². The highest BCUT2D eigenvalue weighted by Crippen LogP contribution is 2.32. The van der Waals surface area contributed by atoms with Crippen molar-refractivity contribution >= 4 is 35.0 Å². The van der Waals surface area contributed by atoms with Gasteiger partial charge in [-0.2, -0.15) is 0 Å². The summed E-state index contributed by atoms with van der Waals surface area (Å²) in [4.78, 5) is 41.4. The largest absolute Gasteiger partial charge is 0.350 e. The summed E-state index contributed by atoms with van der Waals surface area (Å²) in [7, 11) is 0. The molecule has 7 heteroatoms. The molecule has 3 amide bonds. The van der Waals surface area contributed by atoms with Crippen molar-refractivity contribution in [2.75, 3.05) is 18.4 Å². The van der Waals surface area contributed by atoms with Gasteiger partial charge >= 0.3 is 0 Å². The summed E-state index contributed by atoms with van der Waals surface area (Å²) in [6.07, 6.45) is 6.92. The Kier molecular flexibility index (Phi) is 6.14. The van der Waals surface area contributed by atoms with E-state index in [-0.39, 0.29) is 28.6 Å². The maximum absolute atomic E-state index is 12.9. The van der Waals surface area contributed by atoms with Crippen LogP contribution >= 0.6 is 11.6 Å². The number of nitrogens with one attached hydrogen (secondary N) is 1. The number of anilines is 1. The van der Waals surface area contributed by atoms with Gasteiger partial charge in [-0.05, 0) is 55.9 Å². The summed E-state index contributed by atoms with van der Waals surface area (Å²) in [5.74, 6) is -0.0820. The zero-order valence-corrected chi connectivity index (χ0v) is 18.1. The SMILES string of the molecule is CC1CCN(C(=O)c2ccc(NC3=C(Cl)C(=O)N(C4CCCCC4)C3=O)cc2)CC1. The monoisotopic (exact) mass is 429 g/mol. The quantitative estimate of drug-likeness (QED) is 0.731. The van der Waals surface area contributed by atoms with Crippen molar-refractivity contribution in [3.05, 3.63) is 40.6 Å². The molecular weight excluding hydrogens is 402 g/mol. The van der Waals surface area contributed by atoms with Crippen LogP contribution in [0.3, 0.4) is 0 Å². The van der Waals surface area contributed by atoms with Gasteiger partial charge in [0.2, 0.25) is 0 Å². The van der Waals surface area contributed by atoms with Crippen LogP contribution in [0.1, 0.15) is 62.2 Å². The van der Waals surface area contributed by atoms with Crippen molar-refractivity contribution in [3.8, 4) is 0 Å². The molecule has 0 bridgehead atoms. The summed E-state index contributed by atoms with van der Waals surface area (Å²) in [5.41, 5.74) is 1.36. The average molecular weight is 430 g/mol. The lowest BCUT2D eigenvalue weighted by atomic mass is 9.94. The minimum atomic E-state index is -0.415. The average Bonchev–Trinajstić information content (AvgIpc) is 2.98. The second-order valence-corrected chi connectivity index (χ2v) is 9.02. The molecule has 1 saturated heterocycles. The third kappa shape index (κ3) is 4.10. The molecule has 4 rings (SSSR count). The number of benzene rings is 1. The Morgan fingerprint density at radius 1 is 0.967 bits per heavy atom. The number of piperidine rings is 1. The highest BCUT2D eigenvalue weighted by Gasteiger charge is 2.42. The highest BCUT2D eigenvalue weighted by molar-refractivity contribution is 6.48. The highest BCUT2D eigenvalue weighted by atomic mass is 35.5. The van der Waals surface area contributed by atoms with Crippen LogP contribution in [0.5, 0.6) is 0 Å². The van der Waals surface area contributed by atoms with Gasteiger partial charge in [0.1, 0.15) is 10.7 Å². The number of rotatable bonds is 4. The first-order valence-corrected chi connectivity index (χ1v) is 11.3. The molecule has 0 radical (unpaired) electrons. The van der Waals surface area contributed by atoms with Gasteiger partial charge in [0, 0.05) is 30.4 Å². The lowest BCUT2D eigenvalue weighted by molar-refractivity contribution is -0.140. The van der Waals surface area contributed by atoms with Gasteiger partial charge in [0.15, 0.2) is 0 Å². The van der Waals surface area contributed by atoms with Crippen molar-refractivity contribution < 1.29 is 14.4 Å².